The Morgan fingerprint density at radius 1 is 1.03 bits per heavy atom. The summed E-state index contributed by atoms with van der Waals surface area (Å²) in [5.41, 5.74) is 1.55. The van der Waals surface area contributed by atoms with Crippen LogP contribution >= 0.6 is 34.8 Å². The van der Waals surface area contributed by atoms with Crippen LogP contribution in [-0.4, -0.2) is 28.8 Å². The molecule has 3 rings (SSSR count). The van der Waals surface area contributed by atoms with Crippen molar-refractivity contribution in [3.8, 4) is 0 Å². The molecule has 2 aromatic rings. The number of halogens is 3. The van der Waals surface area contributed by atoms with Crippen molar-refractivity contribution in [1.29, 1.82) is 0 Å². The average molecular weight is 496 g/mol. The Balaban J connectivity index is 1.84. The summed E-state index contributed by atoms with van der Waals surface area (Å²) in [6.07, 6.45) is 6.09. The summed E-state index contributed by atoms with van der Waals surface area (Å²) in [5, 5.41) is 4.75. The molecule has 4 nitrogen and oxygen atoms in total. The molecule has 1 aliphatic carbocycles. The molecule has 2 aromatic carbocycles. The number of nitrogens with zero attached hydrogens (tertiary/aromatic N) is 1. The van der Waals surface area contributed by atoms with E-state index in [4.69, 9.17) is 34.8 Å². The van der Waals surface area contributed by atoms with Crippen LogP contribution in [0.1, 0.15) is 56.6 Å². The number of carbonyl (C=O) groups excluding carboxylic acids is 2. The van der Waals surface area contributed by atoms with E-state index in [2.05, 4.69) is 5.32 Å². The van der Waals surface area contributed by atoms with Gasteiger partial charge >= 0.3 is 0 Å². The van der Waals surface area contributed by atoms with Gasteiger partial charge in [-0.25, -0.2) is 0 Å². The molecular formula is C25H29Cl3N2O2. The summed E-state index contributed by atoms with van der Waals surface area (Å²) >= 11 is 18.6. The van der Waals surface area contributed by atoms with Crippen LogP contribution in [-0.2, 0) is 22.6 Å². The van der Waals surface area contributed by atoms with Crippen molar-refractivity contribution in [3.63, 3.8) is 0 Å². The highest BCUT2D eigenvalue weighted by Gasteiger charge is 2.30. The summed E-state index contributed by atoms with van der Waals surface area (Å²) in [5.74, 6) is -0.257. The van der Waals surface area contributed by atoms with Gasteiger partial charge in [0.2, 0.25) is 11.8 Å². The van der Waals surface area contributed by atoms with Gasteiger partial charge in [-0.1, -0.05) is 79.2 Å². The van der Waals surface area contributed by atoms with Crippen molar-refractivity contribution in [3.05, 3.63) is 68.7 Å². The van der Waals surface area contributed by atoms with Gasteiger partial charge in [0.1, 0.15) is 6.04 Å². The second kappa shape index (κ2) is 11.9. The lowest BCUT2D eigenvalue weighted by molar-refractivity contribution is -0.141. The summed E-state index contributed by atoms with van der Waals surface area (Å²) < 4.78 is 0. The molecule has 2 amide bonds. The minimum atomic E-state index is -0.588. The first-order chi connectivity index (χ1) is 15.4. The molecule has 1 fully saturated rings. The first kappa shape index (κ1) is 24.9. The van der Waals surface area contributed by atoms with Crippen molar-refractivity contribution in [2.75, 3.05) is 0 Å². The van der Waals surface area contributed by atoms with Crippen molar-refractivity contribution in [2.24, 2.45) is 0 Å². The summed E-state index contributed by atoms with van der Waals surface area (Å²) in [4.78, 5) is 28.3. The van der Waals surface area contributed by atoms with Crippen LogP contribution in [0, 0.1) is 0 Å². The van der Waals surface area contributed by atoms with E-state index in [0.717, 1.165) is 36.8 Å². The second-order valence-corrected chi connectivity index (χ2v) is 9.61. The van der Waals surface area contributed by atoms with Crippen LogP contribution in [0.25, 0.3) is 0 Å². The largest absolute Gasteiger partial charge is 0.352 e. The minimum absolute atomic E-state index is 0.107. The van der Waals surface area contributed by atoms with Crippen LogP contribution in [0.2, 0.25) is 15.1 Å². The summed E-state index contributed by atoms with van der Waals surface area (Å²) in [6, 6.07) is 12.0. The van der Waals surface area contributed by atoms with Gasteiger partial charge < -0.3 is 10.2 Å². The first-order valence-electron chi connectivity index (χ1n) is 11.2. The Hall–Kier alpha value is -1.75. The predicted octanol–water partition coefficient (Wildman–Crippen LogP) is 6.45. The molecule has 0 aromatic heterocycles. The number of hydrogen-bond acceptors (Lipinski definition) is 2. The van der Waals surface area contributed by atoms with Gasteiger partial charge in [-0.2, -0.15) is 0 Å². The Labute approximate surface area is 205 Å². The van der Waals surface area contributed by atoms with E-state index in [-0.39, 0.29) is 30.8 Å². The molecule has 7 heteroatoms. The standard InChI is InChI=1S/C25H29Cl3N2O2/c1-2-23(25(32)29-21-9-4-3-5-10-21)30(16-18-11-12-20(27)15-22(18)28)24(31)14-17-7-6-8-19(26)13-17/h6-8,11-13,15,21,23H,2-5,9-10,14,16H2,1H3,(H,29,32)/t23-/m0/s1. The van der Waals surface area contributed by atoms with Crippen LogP contribution in [0.15, 0.2) is 42.5 Å². The van der Waals surface area contributed by atoms with Crippen molar-refractivity contribution < 1.29 is 9.59 Å². The van der Waals surface area contributed by atoms with Crippen LogP contribution < -0.4 is 5.32 Å². The third kappa shape index (κ3) is 6.87. The lowest BCUT2D eigenvalue weighted by Crippen LogP contribution is -2.52. The maximum atomic E-state index is 13.4. The lowest BCUT2D eigenvalue weighted by atomic mass is 9.95. The Morgan fingerprint density at radius 2 is 1.75 bits per heavy atom. The van der Waals surface area contributed by atoms with E-state index in [1.807, 2.05) is 19.1 Å². The molecule has 0 bridgehead atoms. The highest BCUT2D eigenvalue weighted by molar-refractivity contribution is 6.35. The molecule has 1 aliphatic rings. The van der Waals surface area contributed by atoms with Gasteiger partial charge in [-0.05, 0) is 54.7 Å². The predicted molar refractivity (Wildman–Crippen MR) is 131 cm³/mol. The lowest BCUT2D eigenvalue weighted by Gasteiger charge is -2.33. The molecule has 1 N–H and O–H groups in total. The molecule has 32 heavy (non-hydrogen) atoms. The Morgan fingerprint density at radius 3 is 2.41 bits per heavy atom. The van der Waals surface area contributed by atoms with Crippen molar-refractivity contribution in [2.45, 2.75) is 70.5 Å². The molecule has 0 saturated heterocycles. The molecule has 0 radical (unpaired) electrons. The zero-order chi connectivity index (χ0) is 23.1. The molecule has 0 spiro atoms. The maximum absolute atomic E-state index is 13.4. The quantitative estimate of drug-likeness (QED) is 0.458. The third-order valence-electron chi connectivity index (χ3n) is 5.94. The fraction of sp³-hybridized carbons (Fsp3) is 0.440. The highest BCUT2D eigenvalue weighted by atomic mass is 35.5. The molecule has 0 unspecified atom stereocenters. The van der Waals surface area contributed by atoms with Gasteiger partial charge in [0.25, 0.3) is 0 Å². The molecule has 0 aliphatic heterocycles. The van der Waals surface area contributed by atoms with Crippen molar-refractivity contribution in [1.82, 2.24) is 10.2 Å². The number of hydrogen-bond donors (Lipinski definition) is 1. The van der Waals surface area contributed by atoms with Gasteiger partial charge in [0, 0.05) is 27.7 Å². The van der Waals surface area contributed by atoms with Gasteiger partial charge in [0.15, 0.2) is 0 Å². The van der Waals surface area contributed by atoms with E-state index >= 15 is 0 Å². The average Bonchev–Trinajstić information content (AvgIpc) is 2.75. The third-order valence-corrected chi connectivity index (χ3v) is 6.76. The zero-order valence-corrected chi connectivity index (χ0v) is 20.5. The van der Waals surface area contributed by atoms with Crippen LogP contribution in [0.4, 0.5) is 0 Å². The van der Waals surface area contributed by atoms with E-state index < -0.39 is 6.04 Å². The van der Waals surface area contributed by atoms with Crippen LogP contribution in [0.3, 0.4) is 0 Å². The SMILES string of the molecule is CC[C@@H](C(=O)NC1CCCCC1)N(Cc1ccc(Cl)cc1Cl)C(=O)Cc1cccc(Cl)c1. The number of benzene rings is 2. The van der Waals surface area contributed by atoms with Crippen molar-refractivity contribution >= 4 is 46.6 Å². The fourth-order valence-electron chi connectivity index (χ4n) is 4.22. The molecule has 1 saturated carbocycles. The second-order valence-electron chi connectivity index (χ2n) is 8.33. The first-order valence-corrected chi connectivity index (χ1v) is 12.3. The topological polar surface area (TPSA) is 49.4 Å². The molecule has 1 atom stereocenters. The Bertz CT molecular complexity index is 945. The fourth-order valence-corrected chi connectivity index (χ4v) is 4.90. The summed E-state index contributed by atoms with van der Waals surface area (Å²) in [7, 11) is 0. The minimum Gasteiger partial charge on any atom is -0.352 e. The van der Waals surface area contributed by atoms with E-state index in [9.17, 15) is 9.59 Å². The molecule has 0 heterocycles. The number of amides is 2. The highest BCUT2D eigenvalue weighted by Crippen LogP contribution is 2.25. The summed E-state index contributed by atoms with van der Waals surface area (Å²) in [6.45, 7) is 2.15. The van der Waals surface area contributed by atoms with Crippen LogP contribution in [0.5, 0.6) is 0 Å². The Kier molecular flexibility index (Phi) is 9.27. The number of carbonyl (C=O) groups is 2. The number of rotatable bonds is 8. The maximum Gasteiger partial charge on any atom is 0.243 e. The number of nitrogens with one attached hydrogen (secondary N) is 1. The van der Waals surface area contributed by atoms with E-state index in [0.29, 0.717) is 21.5 Å². The van der Waals surface area contributed by atoms with E-state index in [1.165, 1.54) is 6.42 Å². The molecular weight excluding hydrogens is 467 g/mol. The van der Waals surface area contributed by atoms with Gasteiger partial charge in [-0.15, -0.1) is 0 Å². The monoisotopic (exact) mass is 494 g/mol. The normalized spacial score (nSPS) is 15.2. The smallest absolute Gasteiger partial charge is 0.243 e. The zero-order valence-electron chi connectivity index (χ0n) is 18.3. The van der Waals surface area contributed by atoms with E-state index in [1.54, 1.807) is 35.2 Å². The van der Waals surface area contributed by atoms with Gasteiger partial charge in [-0.3, -0.25) is 9.59 Å². The van der Waals surface area contributed by atoms with Gasteiger partial charge in [0.05, 0.1) is 6.42 Å². The molecule has 172 valence electrons.